The average Bonchev–Trinajstić information content (AvgIpc) is 2.53. The van der Waals surface area contributed by atoms with Crippen molar-refractivity contribution in [3.8, 4) is 5.75 Å². The molecule has 1 saturated carbocycles. The van der Waals surface area contributed by atoms with Crippen molar-refractivity contribution < 1.29 is 19.0 Å². The number of rotatable bonds is 8. The number of benzene rings is 1. The van der Waals surface area contributed by atoms with Crippen LogP contribution in [0.3, 0.4) is 0 Å². The first-order valence-electron chi connectivity index (χ1n) is 7.70. The van der Waals surface area contributed by atoms with Crippen LogP contribution in [0, 0.1) is 12.8 Å². The van der Waals surface area contributed by atoms with Crippen LogP contribution in [0.25, 0.3) is 0 Å². The van der Waals surface area contributed by atoms with Gasteiger partial charge in [-0.2, -0.15) is 0 Å². The van der Waals surface area contributed by atoms with Gasteiger partial charge in [0.05, 0.1) is 6.61 Å². The molecule has 116 valence electrons. The van der Waals surface area contributed by atoms with Gasteiger partial charge in [-0.05, 0) is 31.9 Å². The molecule has 1 aliphatic rings. The molecule has 0 saturated heterocycles. The highest BCUT2D eigenvalue weighted by Crippen LogP contribution is 2.28. The first-order valence-corrected chi connectivity index (χ1v) is 7.70. The van der Waals surface area contributed by atoms with E-state index in [4.69, 9.17) is 14.2 Å². The molecule has 1 aliphatic carbocycles. The zero-order valence-corrected chi connectivity index (χ0v) is 12.6. The summed E-state index contributed by atoms with van der Waals surface area (Å²) >= 11 is 0. The number of ether oxygens (including phenoxy) is 3. The average molecular weight is 292 g/mol. The van der Waals surface area contributed by atoms with Gasteiger partial charge in [0.15, 0.2) is 0 Å². The van der Waals surface area contributed by atoms with Gasteiger partial charge in [-0.3, -0.25) is 4.79 Å². The quantitative estimate of drug-likeness (QED) is 0.418. The largest absolute Gasteiger partial charge is 0.491 e. The van der Waals surface area contributed by atoms with Gasteiger partial charge in [-0.15, -0.1) is 0 Å². The summed E-state index contributed by atoms with van der Waals surface area (Å²) < 4.78 is 16.4. The smallest absolute Gasteiger partial charge is 0.295 e. The van der Waals surface area contributed by atoms with Crippen molar-refractivity contribution in [2.24, 2.45) is 5.92 Å². The Labute approximate surface area is 126 Å². The Morgan fingerprint density at radius 3 is 2.52 bits per heavy atom. The van der Waals surface area contributed by atoms with E-state index in [0.717, 1.165) is 18.6 Å². The minimum atomic E-state index is -0.426. The lowest BCUT2D eigenvalue weighted by Gasteiger charge is -2.28. The second-order valence-electron chi connectivity index (χ2n) is 5.53. The zero-order valence-electron chi connectivity index (χ0n) is 12.6. The maximum atomic E-state index is 10.6. The third-order valence-corrected chi connectivity index (χ3v) is 3.88. The Morgan fingerprint density at radius 1 is 1.14 bits per heavy atom. The van der Waals surface area contributed by atoms with E-state index in [0.29, 0.717) is 25.6 Å². The van der Waals surface area contributed by atoms with E-state index in [1.807, 2.05) is 31.2 Å². The van der Waals surface area contributed by atoms with E-state index < -0.39 is 6.29 Å². The minimum absolute atomic E-state index is 0.323. The predicted octanol–water partition coefficient (Wildman–Crippen LogP) is 3.47. The van der Waals surface area contributed by atoms with Gasteiger partial charge in [0.25, 0.3) is 6.47 Å². The van der Waals surface area contributed by atoms with Crippen molar-refractivity contribution in [1.82, 2.24) is 0 Å². The molecule has 1 aromatic carbocycles. The fourth-order valence-electron chi connectivity index (χ4n) is 2.71. The molecule has 4 heteroatoms. The van der Waals surface area contributed by atoms with Gasteiger partial charge >= 0.3 is 0 Å². The molecule has 1 fully saturated rings. The summed E-state index contributed by atoms with van der Waals surface area (Å²) in [5, 5.41) is 0. The van der Waals surface area contributed by atoms with Crippen molar-refractivity contribution in [3.05, 3.63) is 29.8 Å². The van der Waals surface area contributed by atoms with Gasteiger partial charge in [0, 0.05) is 5.92 Å². The highest BCUT2D eigenvalue weighted by Gasteiger charge is 2.25. The Morgan fingerprint density at radius 2 is 1.86 bits per heavy atom. The molecule has 1 aromatic rings. The topological polar surface area (TPSA) is 44.8 Å². The second kappa shape index (κ2) is 8.67. The van der Waals surface area contributed by atoms with E-state index >= 15 is 0 Å². The lowest BCUT2D eigenvalue weighted by molar-refractivity contribution is -0.182. The molecule has 0 radical (unpaired) electrons. The molecule has 0 aromatic heterocycles. The molecular formula is C17H24O4. The first-order chi connectivity index (χ1) is 10.3. The van der Waals surface area contributed by atoms with Gasteiger partial charge in [0.2, 0.25) is 6.29 Å². The summed E-state index contributed by atoms with van der Waals surface area (Å²) in [7, 11) is 0. The third-order valence-electron chi connectivity index (χ3n) is 3.88. The van der Waals surface area contributed by atoms with E-state index in [1.165, 1.54) is 24.8 Å². The van der Waals surface area contributed by atoms with Crippen molar-refractivity contribution in [1.29, 1.82) is 0 Å². The van der Waals surface area contributed by atoms with Crippen molar-refractivity contribution in [3.63, 3.8) is 0 Å². The molecule has 0 N–H and O–H groups in total. The van der Waals surface area contributed by atoms with Crippen LogP contribution in [0.4, 0.5) is 0 Å². The summed E-state index contributed by atoms with van der Waals surface area (Å²) in [4.78, 5) is 10.6. The molecule has 4 nitrogen and oxygen atoms in total. The number of carbonyl (C=O) groups excluding carboxylic acids is 1. The second-order valence-corrected chi connectivity index (χ2v) is 5.53. The fraction of sp³-hybridized carbons (Fsp3) is 0.588. The van der Waals surface area contributed by atoms with Crippen LogP contribution in [-0.2, 0) is 14.3 Å². The summed E-state index contributed by atoms with van der Waals surface area (Å²) in [5.74, 6) is 1.15. The Kier molecular flexibility index (Phi) is 6.54. The van der Waals surface area contributed by atoms with E-state index in [1.54, 1.807) is 0 Å². The minimum Gasteiger partial charge on any atom is -0.491 e. The summed E-state index contributed by atoms with van der Waals surface area (Å²) in [5.41, 5.74) is 1.20. The first kappa shape index (κ1) is 15.8. The van der Waals surface area contributed by atoms with Gasteiger partial charge in [-0.1, -0.05) is 37.0 Å². The fourth-order valence-corrected chi connectivity index (χ4v) is 2.71. The maximum Gasteiger partial charge on any atom is 0.295 e. The zero-order chi connectivity index (χ0) is 14.9. The molecule has 21 heavy (non-hydrogen) atoms. The van der Waals surface area contributed by atoms with Gasteiger partial charge in [-0.25, -0.2) is 0 Å². The molecule has 0 spiro atoms. The van der Waals surface area contributed by atoms with Crippen molar-refractivity contribution >= 4 is 6.47 Å². The summed E-state index contributed by atoms with van der Waals surface area (Å²) in [6, 6.07) is 7.90. The van der Waals surface area contributed by atoms with Gasteiger partial charge in [0.1, 0.15) is 12.4 Å². The number of hydrogen-bond donors (Lipinski definition) is 0. The normalized spacial score (nSPS) is 17.2. The number of aryl methyl sites for hydroxylation is 1. The summed E-state index contributed by atoms with van der Waals surface area (Å²) in [6.07, 6.45) is 5.35. The third kappa shape index (κ3) is 5.38. The van der Waals surface area contributed by atoms with Crippen LogP contribution >= 0.6 is 0 Å². The predicted molar refractivity (Wildman–Crippen MR) is 80.1 cm³/mol. The van der Waals surface area contributed by atoms with Crippen LogP contribution < -0.4 is 4.74 Å². The molecule has 0 aliphatic heterocycles. The maximum absolute atomic E-state index is 10.6. The van der Waals surface area contributed by atoms with Crippen LogP contribution in [0.5, 0.6) is 5.75 Å². The van der Waals surface area contributed by atoms with E-state index in [2.05, 4.69) is 0 Å². The lowest BCUT2D eigenvalue weighted by atomic mass is 9.89. The molecule has 0 amide bonds. The summed E-state index contributed by atoms with van der Waals surface area (Å²) in [6.45, 7) is 3.40. The number of carbonyl (C=O) groups is 1. The molecule has 0 heterocycles. The Hall–Kier alpha value is -1.55. The van der Waals surface area contributed by atoms with Crippen LogP contribution in [0.1, 0.15) is 37.7 Å². The SMILES string of the molecule is Cc1ccc(OCCOC(OC=O)C2CCCCC2)cc1. The monoisotopic (exact) mass is 292 g/mol. The van der Waals surface area contributed by atoms with Crippen LogP contribution in [0.2, 0.25) is 0 Å². The standard InChI is InChI=1S/C17H24O4/c1-14-7-9-16(10-8-14)19-11-12-20-17(21-13-18)15-5-3-2-4-6-15/h7-10,13,15,17H,2-6,11-12H2,1H3. The highest BCUT2D eigenvalue weighted by atomic mass is 16.7. The van der Waals surface area contributed by atoms with Crippen LogP contribution in [0.15, 0.2) is 24.3 Å². The van der Waals surface area contributed by atoms with Crippen molar-refractivity contribution in [2.45, 2.75) is 45.3 Å². The van der Waals surface area contributed by atoms with Crippen molar-refractivity contribution in [2.75, 3.05) is 13.2 Å². The van der Waals surface area contributed by atoms with E-state index in [9.17, 15) is 4.79 Å². The molecule has 2 rings (SSSR count). The number of hydrogen-bond acceptors (Lipinski definition) is 4. The highest BCUT2D eigenvalue weighted by molar-refractivity contribution is 5.37. The molecular weight excluding hydrogens is 268 g/mol. The molecule has 1 unspecified atom stereocenters. The molecule has 1 atom stereocenters. The lowest BCUT2D eigenvalue weighted by Crippen LogP contribution is -2.30. The Balaban J connectivity index is 1.71. The Bertz CT molecular complexity index is 409. The van der Waals surface area contributed by atoms with Crippen LogP contribution in [-0.4, -0.2) is 26.0 Å². The molecule has 0 bridgehead atoms. The van der Waals surface area contributed by atoms with Gasteiger partial charge < -0.3 is 14.2 Å². The van der Waals surface area contributed by atoms with E-state index in [-0.39, 0.29) is 0 Å².